The number of para-hydroxylation sites is 1. The fourth-order valence-corrected chi connectivity index (χ4v) is 5.09. The molecule has 5 rings (SSSR count). The molecule has 3 heterocycles. The maximum Gasteiger partial charge on any atom is 0.168 e. The minimum Gasteiger partial charge on any atom is -0.357 e. The first-order valence-electron chi connectivity index (χ1n) is 10.5. The number of benzene rings is 1. The Morgan fingerprint density at radius 1 is 1.19 bits per heavy atom. The van der Waals surface area contributed by atoms with E-state index in [1.807, 2.05) is 0 Å². The predicted molar refractivity (Wildman–Crippen MR) is 105 cm³/mol. The summed E-state index contributed by atoms with van der Waals surface area (Å²) in [5, 5.41) is 14.3. The Hall–Kier alpha value is -2.21. The lowest BCUT2D eigenvalue weighted by molar-refractivity contribution is 0.155. The van der Waals surface area contributed by atoms with Crippen LogP contribution in [0.4, 0.5) is 0 Å². The largest absolute Gasteiger partial charge is 0.357 e. The quantitative estimate of drug-likeness (QED) is 0.755. The molecule has 1 fully saturated rings. The molecule has 2 aromatic heterocycles. The Labute approximate surface area is 159 Å². The van der Waals surface area contributed by atoms with Gasteiger partial charge in [-0.15, -0.1) is 5.10 Å². The Kier molecular flexibility index (Phi) is 4.44. The van der Waals surface area contributed by atoms with Gasteiger partial charge in [-0.3, -0.25) is 4.90 Å². The molecule has 0 saturated heterocycles. The first-order chi connectivity index (χ1) is 13.3. The summed E-state index contributed by atoms with van der Waals surface area (Å²) < 4.78 is 2.15. The van der Waals surface area contributed by atoms with Crippen LogP contribution >= 0.6 is 0 Å². The third-order valence-electron chi connectivity index (χ3n) is 6.48. The SMILES string of the molecule is CCC(c1nnnn1C1CCCCC1)N1CCc2c([nH]c3ccccc23)C1. The van der Waals surface area contributed by atoms with Crippen molar-refractivity contribution in [1.82, 2.24) is 30.1 Å². The third kappa shape index (κ3) is 2.96. The van der Waals surface area contributed by atoms with Gasteiger partial charge in [0.15, 0.2) is 5.82 Å². The highest BCUT2D eigenvalue weighted by Gasteiger charge is 2.31. The first kappa shape index (κ1) is 16.9. The van der Waals surface area contributed by atoms with E-state index in [2.05, 4.69) is 61.3 Å². The fourth-order valence-electron chi connectivity index (χ4n) is 5.09. The fraction of sp³-hybridized carbons (Fsp3) is 0.571. The van der Waals surface area contributed by atoms with E-state index in [4.69, 9.17) is 0 Å². The van der Waals surface area contributed by atoms with Crippen LogP contribution in [0.5, 0.6) is 0 Å². The lowest BCUT2D eigenvalue weighted by Gasteiger charge is -2.34. The number of rotatable bonds is 4. The van der Waals surface area contributed by atoms with Crippen molar-refractivity contribution in [1.29, 1.82) is 0 Å². The molecule has 1 aromatic carbocycles. The molecule has 6 heteroatoms. The summed E-state index contributed by atoms with van der Waals surface area (Å²) in [7, 11) is 0. The van der Waals surface area contributed by atoms with Crippen molar-refractivity contribution in [2.75, 3.05) is 6.54 Å². The van der Waals surface area contributed by atoms with Crippen molar-refractivity contribution < 1.29 is 0 Å². The van der Waals surface area contributed by atoms with Crippen LogP contribution in [0.1, 0.15) is 74.6 Å². The molecule has 2 aliphatic rings. The maximum absolute atomic E-state index is 4.49. The van der Waals surface area contributed by atoms with E-state index in [0.29, 0.717) is 6.04 Å². The van der Waals surface area contributed by atoms with E-state index in [0.717, 1.165) is 31.8 Å². The molecule has 1 unspecified atom stereocenters. The van der Waals surface area contributed by atoms with Crippen molar-refractivity contribution in [3.05, 3.63) is 41.3 Å². The molecular formula is C21H28N6. The lowest BCUT2D eigenvalue weighted by Crippen LogP contribution is -2.36. The average Bonchev–Trinajstić information content (AvgIpc) is 3.34. The topological polar surface area (TPSA) is 62.6 Å². The molecule has 1 aliphatic carbocycles. The Morgan fingerprint density at radius 2 is 2.04 bits per heavy atom. The van der Waals surface area contributed by atoms with Crippen molar-refractivity contribution in [3.8, 4) is 0 Å². The van der Waals surface area contributed by atoms with Crippen LogP contribution in [0.25, 0.3) is 10.9 Å². The summed E-state index contributed by atoms with van der Waals surface area (Å²) in [6, 6.07) is 9.42. The molecule has 0 bridgehead atoms. The van der Waals surface area contributed by atoms with E-state index < -0.39 is 0 Å². The number of hydrogen-bond acceptors (Lipinski definition) is 4. The van der Waals surface area contributed by atoms with E-state index in [1.165, 1.54) is 54.3 Å². The van der Waals surface area contributed by atoms with Gasteiger partial charge in [-0.1, -0.05) is 44.4 Å². The van der Waals surface area contributed by atoms with Gasteiger partial charge < -0.3 is 4.98 Å². The lowest BCUT2D eigenvalue weighted by atomic mass is 9.95. The molecule has 142 valence electrons. The number of aromatic nitrogens is 5. The van der Waals surface area contributed by atoms with Crippen LogP contribution in [0.15, 0.2) is 24.3 Å². The molecule has 1 saturated carbocycles. The monoisotopic (exact) mass is 364 g/mol. The van der Waals surface area contributed by atoms with Crippen molar-refractivity contribution in [2.45, 2.75) is 70.5 Å². The molecule has 6 nitrogen and oxygen atoms in total. The molecule has 1 aliphatic heterocycles. The second kappa shape index (κ2) is 7.08. The molecule has 0 amide bonds. The number of aromatic amines is 1. The van der Waals surface area contributed by atoms with Gasteiger partial charge in [-0.2, -0.15) is 0 Å². The average molecular weight is 364 g/mol. The molecule has 0 radical (unpaired) electrons. The number of tetrazole rings is 1. The van der Waals surface area contributed by atoms with E-state index >= 15 is 0 Å². The Balaban J connectivity index is 1.43. The van der Waals surface area contributed by atoms with Crippen LogP contribution in [-0.4, -0.2) is 36.6 Å². The predicted octanol–water partition coefficient (Wildman–Crippen LogP) is 4.17. The molecule has 1 atom stereocenters. The summed E-state index contributed by atoms with van der Waals surface area (Å²) in [5.41, 5.74) is 4.10. The summed E-state index contributed by atoms with van der Waals surface area (Å²) in [5.74, 6) is 1.06. The van der Waals surface area contributed by atoms with Gasteiger partial charge in [-0.25, -0.2) is 4.68 Å². The van der Waals surface area contributed by atoms with Crippen molar-refractivity contribution in [2.24, 2.45) is 0 Å². The van der Waals surface area contributed by atoms with E-state index in [9.17, 15) is 0 Å². The minimum absolute atomic E-state index is 0.279. The highest BCUT2D eigenvalue weighted by atomic mass is 15.6. The van der Waals surface area contributed by atoms with Crippen LogP contribution in [0.3, 0.4) is 0 Å². The van der Waals surface area contributed by atoms with Crippen LogP contribution < -0.4 is 0 Å². The number of hydrogen-bond donors (Lipinski definition) is 1. The number of H-pyrrole nitrogens is 1. The highest BCUT2D eigenvalue weighted by molar-refractivity contribution is 5.84. The Morgan fingerprint density at radius 3 is 2.89 bits per heavy atom. The van der Waals surface area contributed by atoms with Gasteiger partial charge in [0.1, 0.15) is 0 Å². The van der Waals surface area contributed by atoms with E-state index in [1.54, 1.807) is 0 Å². The Bertz CT molecular complexity index is 920. The zero-order chi connectivity index (χ0) is 18.2. The molecule has 0 spiro atoms. The second-order valence-corrected chi connectivity index (χ2v) is 8.05. The summed E-state index contributed by atoms with van der Waals surface area (Å²) in [6.07, 6.45) is 8.47. The van der Waals surface area contributed by atoms with Crippen LogP contribution in [-0.2, 0) is 13.0 Å². The van der Waals surface area contributed by atoms with Crippen molar-refractivity contribution in [3.63, 3.8) is 0 Å². The zero-order valence-electron chi connectivity index (χ0n) is 16.1. The third-order valence-corrected chi connectivity index (χ3v) is 6.48. The van der Waals surface area contributed by atoms with Gasteiger partial charge >= 0.3 is 0 Å². The van der Waals surface area contributed by atoms with Crippen LogP contribution in [0, 0.1) is 0 Å². The summed E-state index contributed by atoms with van der Waals surface area (Å²) in [4.78, 5) is 6.21. The smallest absolute Gasteiger partial charge is 0.168 e. The van der Waals surface area contributed by atoms with Crippen LogP contribution in [0.2, 0.25) is 0 Å². The normalized spacial score (nSPS) is 20.0. The van der Waals surface area contributed by atoms with Gasteiger partial charge in [0.25, 0.3) is 0 Å². The van der Waals surface area contributed by atoms with Gasteiger partial charge in [-0.05, 0) is 47.7 Å². The standard InChI is InChI=1S/C21H28N6/c1-2-20(21-23-24-25-27(21)15-8-4-3-5-9-15)26-13-12-17-16-10-6-7-11-18(16)22-19(17)14-26/h6-7,10-11,15,20,22H,2-5,8-9,12-14H2,1H3. The highest BCUT2D eigenvalue weighted by Crippen LogP contribution is 2.35. The summed E-state index contributed by atoms with van der Waals surface area (Å²) in [6.45, 7) is 4.26. The number of nitrogens with one attached hydrogen (secondary N) is 1. The molecule has 1 N–H and O–H groups in total. The zero-order valence-corrected chi connectivity index (χ0v) is 16.1. The first-order valence-corrected chi connectivity index (χ1v) is 10.5. The maximum atomic E-state index is 4.49. The molecule has 27 heavy (non-hydrogen) atoms. The molecular weight excluding hydrogens is 336 g/mol. The van der Waals surface area contributed by atoms with Crippen molar-refractivity contribution >= 4 is 10.9 Å². The number of fused-ring (bicyclic) bond motifs is 3. The van der Waals surface area contributed by atoms with E-state index in [-0.39, 0.29) is 6.04 Å². The van der Waals surface area contributed by atoms with Gasteiger partial charge in [0.2, 0.25) is 0 Å². The minimum atomic E-state index is 0.279. The second-order valence-electron chi connectivity index (χ2n) is 8.05. The molecule has 3 aromatic rings. The number of nitrogens with zero attached hydrogens (tertiary/aromatic N) is 5. The van der Waals surface area contributed by atoms with Gasteiger partial charge in [0, 0.05) is 29.7 Å². The van der Waals surface area contributed by atoms with Gasteiger partial charge in [0.05, 0.1) is 12.1 Å². The summed E-state index contributed by atoms with van der Waals surface area (Å²) >= 11 is 0.